The SMILES string of the molecule is C[C@@H](NC(=O)CSc1nnc(N2CCCCC2)n1-c1ccccc1)c1ccccc1. The van der Waals surface area contributed by atoms with E-state index in [1.165, 1.54) is 31.0 Å². The molecule has 7 heteroatoms. The van der Waals surface area contributed by atoms with Crippen molar-refractivity contribution >= 4 is 23.6 Å². The van der Waals surface area contributed by atoms with Crippen LogP contribution in [-0.2, 0) is 4.79 Å². The van der Waals surface area contributed by atoms with E-state index in [4.69, 9.17) is 0 Å². The van der Waals surface area contributed by atoms with Crippen LogP contribution >= 0.6 is 11.8 Å². The Kier molecular flexibility index (Phi) is 6.69. The molecule has 1 N–H and O–H groups in total. The van der Waals surface area contributed by atoms with E-state index in [0.717, 1.165) is 35.4 Å². The van der Waals surface area contributed by atoms with Crippen molar-refractivity contribution < 1.29 is 4.79 Å². The van der Waals surface area contributed by atoms with Crippen LogP contribution in [0.1, 0.15) is 37.8 Å². The zero-order valence-electron chi connectivity index (χ0n) is 17.2. The predicted octanol–water partition coefficient (Wildman–Crippen LogP) is 4.23. The molecule has 156 valence electrons. The van der Waals surface area contributed by atoms with Crippen LogP contribution in [0.2, 0.25) is 0 Å². The van der Waals surface area contributed by atoms with Crippen LogP contribution in [-0.4, -0.2) is 39.5 Å². The third kappa shape index (κ3) is 4.84. The fraction of sp³-hybridized carbons (Fsp3) is 0.348. The highest BCUT2D eigenvalue weighted by molar-refractivity contribution is 7.99. The average Bonchev–Trinajstić information content (AvgIpc) is 3.23. The van der Waals surface area contributed by atoms with Crippen LogP contribution in [0.25, 0.3) is 5.69 Å². The molecule has 1 saturated heterocycles. The molecule has 0 radical (unpaired) electrons. The second-order valence-corrected chi connectivity index (χ2v) is 8.43. The summed E-state index contributed by atoms with van der Waals surface area (Å²) < 4.78 is 2.07. The smallest absolute Gasteiger partial charge is 0.232 e. The standard InChI is InChI=1S/C23H27N5OS/c1-18(19-11-5-2-6-12-19)24-21(29)17-30-23-26-25-22(27-15-9-4-10-16-27)28(23)20-13-7-3-8-14-20/h2-3,5-8,11-14,18H,4,9-10,15-17H2,1H3,(H,24,29)/t18-/m1/s1. The van der Waals surface area contributed by atoms with Gasteiger partial charge < -0.3 is 10.2 Å². The number of amides is 1. The van der Waals surface area contributed by atoms with Gasteiger partial charge in [-0.1, -0.05) is 60.3 Å². The normalized spacial score (nSPS) is 15.0. The molecule has 6 nitrogen and oxygen atoms in total. The molecule has 0 aliphatic carbocycles. The molecule has 1 amide bonds. The first-order valence-corrected chi connectivity index (χ1v) is 11.4. The molecule has 1 atom stereocenters. The van der Waals surface area contributed by atoms with Gasteiger partial charge in [-0.05, 0) is 43.9 Å². The molecule has 3 aromatic rings. The molecule has 0 unspecified atom stereocenters. The van der Waals surface area contributed by atoms with Gasteiger partial charge in [-0.25, -0.2) is 0 Å². The molecular formula is C23H27N5OS. The zero-order valence-corrected chi connectivity index (χ0v) is 18.0. The lowest BCUT2D eigenvalue weighted by Gasteiger charge is -2.27. The van der Waals surface area contributed by atoms with Crippen molar-refractivity contribution in [3.05, 3.63) is 66.2 Å². The summed E-state index contributed by atoms with van der Waals surface area (Å²) in [6.07, 6.45) is 3.60. The van der Waals surface area contributed by atoms with Gasteiger partial charge in [0.15, 0.2) is 5.16 Å². The molecule has 1 aliphatic heterocycles. The van der Waals surface area contributed by atoms with Crippen molar-refractivity contribution in [3.8, 4) is 5.69 Å². The molecular weight excluding hydrogens is 394 g/mol. The third-order valence-corrected chi connectivity index (χ3v) is 6.21. The number of nitrogens with zero attached hydrogens (tertiary/aromatic N) is 4. The van der Waals surface area contributed by atoms with Crippen molar-refractivity contribution in [3.63, 3.8) is 0 Å². The first-order valence-electron chi connectivity index (χ1n) is 10.5. The number of nitrogens with one attached hydrogen (secondary N) is 1. The monoisotopic (exact) mass is 421 g/mol. The number of anilines is 1. The van der Waals surface area contributed by atoms with E-state index in [9.17, 15) is 4.79 Å². The summed E-state index contributed by atoms with van der Waals surface area (Å²) in [5.74, 6) is 1.14. The molecule has 4 rings (SSSR count). The first kappa shape index (κ1) is 20.5. The molecule has 30 heavy (non-hydrogen) atoms. The summed E-state index contributed by atoms with van der Waals surface area (Å²) in [6.45, 7) is 3.98. The van der Waals surface area contributed by atoms with E-state index in [-0.39, 0.29) is 11.9 Å². The molecule has 2 aromatic carbocycles. The number of carbonyl (C=O) groups excluding carboxylic acids is 1. The summed E-state index contributed by atoms with van der Waals surface area (Å²) >= 11 is 1.42. The van der Waals surface area contributed by atoms with Gasteiger partial charge in [0.25, 0.3) is 0 Å². The molecule has 1 fully saturated rings. The van der Waals surface area contributed by atoms with Crippen LogP contribution in [0.15, 0.2) is 65.8 Å². The predicted molar refractivity (Wildman–Crippen MR) is 121 cm³/mol. The maximum Gasteiger partial charge on any atom is 0.232 e. The Bertz CT molecular complexity index is 954. The third-order valence-electron chi connectivity index (χ3n) is 5.28. The van der Waals surface area contributed by atoms with Crippen molar-refractivity contribution in [1.82, 2.24) is 20.1 Å². The summed E-state index contributed by atoms with van der Waals surface area (Å²) in [6, 6.07) is 20.1. The van der Waals surface area contributed by atoms with E-state index >= 15 is 0 Å². The summed E-state index contributed by atoms with van der Waals surface area (Å²) in [5.41, 5.74) is 2.11. The van der Waals surface area contributed by atoms with Gasteiger partial charge >= 0.3 is 0 Å². The Labute approximate surface area is 181 Å². The van der Waals surface area contributed by atoms with Crippen LogP contribution in [0.4, 0.5) is 5.95 Å². The van der Waals surface area contributed by atoms with Gasteiger partial charge in [0.2, 0.25) is 11.9 Å². The first-order chi connectivity index (χ1) is 14.7. The van der Waals surface area contributed by atoms with E-state index in [1.54, 1.807) is 0 Å². The largest absolute Gasteiger partial charge is 0.349 e. The molecule has 1 aromatic heterocycles. The van der Waals surface area contributed by atoms with Crippen LogP contribution < -0.4 is 10.2 Å². The number of benzene rings is 2. The molecule has 0 spiro atoms. The van der Waals surface area contributed by atoms with Crippen molar-refractivity contribution in [2.75, 3.05) is 23.7 Å². The Morgan fingerprint density at radius 2 is 1.67 bits per heavy atom. The van der Waals surface area contributed by atoms with E-state index in [0.29, 0.717) is 5.75 Å². The second-order valence-electron chi connectivity index (χ2n) is 7.49. The fourth-order valence-corrected chi connectivity index (χ4v) is 4.45. The van der Waals surface area contributed by atoms with E-state index < -0.39 is 0 Å². The molecule has 2 heterocycles. The summed E-state index contributed by atoms with van der Waals surface area (Å²) in [4.78, 5) is 14.9. The fourth-order valence-electron chi connectivity index (χ4n) is 3.70. The number of rotatable bonds is 7. The highest BCUT2D eigenvalue weighted by Crippen LogP contribution is 2.28. The highest BCUT2D eigenvalue weighted by atomic mass is 32.2. The maximum absolute atomic E-state index is 12.6. The van der Waals surface area contributed by atoms with Gasteiger partial charge in [0.05, 0.1) is 17.5 Å². The van der Waals surface area contributed by atoms with Gasteiger partial charge in [0.1, 0.15) is 0 Å². The lowest BCUT2D eigenvalue weighted by molar-refractivity contribution is -0.119. The Balaban J connectivity index is 1.48. The summed E-state index contributed by atoms with van der Waals surface area (Å²) in [5, 5.41) is 12.7. The zero-order chi connectivity index (χ0) is 20.8. The minimum absolute atomic E-state index is 0.0153. The molecule has 1 aliphatic rings. The number of para-hydroxylation sites is 1. The van der Waals surface area contributed by atoms with E-state index in [1.807, 2.05) is 55.5 Å². The minimum atomic E-state index is -0.0322. The van der Waals surface area contributed by atoms with E-state index in [2.05, 4.69) is 37.1 Å². The number of aromatic nitrogens is 3. The Morgan fingerprint density at radius 1 is 1.00 bits per heavy atom. The van der Waals surface area contributed by atoms with Gasteiger partial charge in [-0.15, -0.1) is 10.2 Å². The van der Waals surface area contributed by atoms with Gasteiger partial charge in [-0.3, -0.25) is 9.36 Å². The summed E-state index contributed by atoms with van der Waals surface area (Å²) in [7, 11) is 0. The van der Waals surface area contributed by atoms with Crippen molar-refractivity contribution in [2.45, 2.75) is 37.4 Å². The second kappa shape index (κ2) is 9.80. The average molecular weight is 422 g/mol. The molecule has 0 bridgehead atoms. The number of hydrogen-bond donors (Lipinski definition) is 1. The lowest BCUT2D eigenvalue weighted by atomic mass is 10.1. The topological polar surface area (TPSA) is 63.1 Å². The number of hydrogen-bond acceptors (Lipinski definition) is 5. The van der Waals surface area contributed by atoms with Gasteiger partial charge in [0, 0.05) is 13.1 Å². The quantitative estimate of drug-likeness (QED) is 0.579. The maximum atomic E-state index is 12.6. The van der Waals surface area contributed by atoms with Crippen molar-refractivity contribution in [2.24, 2.45) is 0 Å². The minimum Gasteiger partial charge on any atom is -0.349 e. The van der Waals surface area contributed by atoms with Gasteiger partial charge in [-0.2, -0.15) is 0 Å². The van der Waals surface area contributed by atoms with Crippen LogP contribution in [0.3, 0.4) is 0 Å². The Hall–Kier alpha value is -2.80. The van der Waals surface area contributed by atoms with Crippen LogP contribution in [0, 0.1) is 0 Å². The number of thioether (sulfide) groups is 1. The Morgan fingerprint density at radius 3 is 2.37 bits per heavy atom. The van der Waals surface area contributed by atoms with Crippen LogP contribution in [0.5, 0.6) is 0 Å². The molecule has 0 saturated carbocycles. The number of carbonyl (C=O) groups is 1. The number of piperidine rings is 1. The lowest BCUT2D eigenvalue weighted by Crippen LogP contribution is -2.31. The highest BCUT2D eigenvalue weighted by Gasteiger charge is 2.22. The van der Waals surface area contributed by atoms with Crippen molar-refractivity contribution in [1.29, 1.82) is 0 Å².